The van der Waals surface area contributed by atoms with E-state index in [0.717, 1.165) is 5.82 Å². The molecule has 4 nitrogen and oxygen atoms in total. The summed E-state index contributed by atoms with van der Waals surface area (Å²) in [4.78, 5) is 4.42. The van der Waals surface area contributed by atoms with Crippen LogP contribution in [0.3, 0.4) is 0 Å². The van der Waals surface area contributed by atoms with Gasteiger partial charge in [-0.2, -0.15) is 4.98 Å². The van der Waals surface area contributed by atoms with Crippen LogP contribution in [0.1, 0.15) is 39.5 Å². The highest BCUT2D eigenvalue weighted by Crippen LogP contribution is 2.33. The lowest BCUT2D eigenvalue weighted by molar-refractivity contribution is 0.253. The zero-order valence-electron chi connectivity index (χ0n) is 12.1. The Balaban J connectivity index is 2.14. The molecule has 106 valence electrons. The second-order valence-corrected chi connectivity index (χ2v) is 5.73. The Morgan fingerprint density at radius 1 is 1.32 bits per heavy atom. The summed E-state index contributed by atoms with van der Waals surface area (Å²) >= 11 is 0. The molecule has 2 unspecified atom stereocenters. The van der Waals surface area contributed by atoms with Crippen LogP contribution < -0.4 is 15.8 Å². The van der Waals surface area contributed by atoms with Crippen molar-refractivity contribution in [3.8, 4) is 5.88 Å². The van der Waals surface area contributed by atoms with E-state index in [0.29, 0.717) is 29.4 Å². The molecule has 2 rings (SSSR count). The van der Waals surface area contributed by atoms with Crippen molar-refractivity contribution in [2.75, 3.05) is 18.2 Å². The monoisotopic (exact) mass is 263 g/mol. The normalized spacial score (nSPS) is 23.4. The Bertz CT molecular complexity index is 420. The maximum absolute atomic E-state index is 6.00. The number of rotatable bonds is 4. The molecule has 1 saturated carbocycles. The summed E-state index contributed by atoms with van der Waals surface area (Å²) in [5.74, 6) is 2.75. The van der Waals surface area contributed by atoms with Gasteiger partial charge in [0.15, 0.2) is 5.82 Å². The van der Waals surface area contributed by atoms with Crippen LogP contribution in [0.2, 0.25) is 0 Å². The molecule has 2 atom stereocenters. The number of hydrogen-bond acceptors (Lipinski definition) is 4. The Hall–Kier alpha value is -1.45. The van der Waals surface area contributed by atoms with Gasteiger partial charge in [-0.25, -0.2) is 0 Å². The quantitative estimate of drug-likeness (QED) is 0.875. The number of nitrogens with zero attached hydrogens (tertiary/aromatic N) is 1. The van der Waals surface area contributed by atoms with Crippen molar-refractivity contribution in [1.29, 1.82) is 0 Å². The molecule has 0 saturated heterocycles. The molecule has 1 aromatic heterocycles. The third kappa shape index (κ3) is 3.31. The lowest BCUT2D eigenvalue weighted by Crippen LogP contribution is -2.35. The van der Waals surface area contributed by atoms with Crippen molar-refractivity contribution in [1.82, 2.24) is 4.98 Å². The van der Waals surface area contributed by atoms with E-state index < -0.39 is 0 Å². The Labute approximate surface area is 115 Å². The first kappa shape index (κ1) is 14.0. The van der Waals surface area contributed by atoms with E-state index in [1.807, 2.05) is 6.07 Å². The molecule has 19 heavy (non-hydrogen) atoms. The fourth-order valence-corrected chi connectivity index (χ4v) is 2.99. The minimum absolute atomic E-state index is 0.468. The number of hydrogen-bond donors (Lipinski definition) is 2. The van der Waals surface area contributed by atoms with Gasteiger partial charge in [0, 0.05) is 12.1 Å². The molecule has 1 fully saturated rings. The summed E-state index contributed by atoms with van der Waals surface area (Å²) in [6.45, 7) is 4.60. The van der Waals surface area contributed by atoms with Crippen LogP contribution in [-0.4, -0.2) is 18.1 Å². The van der Waals surface area contributed by atoms with Gasteiger partial charge in [0.05, 0.1) is 12.8 Å². The first-order valence-corrected chi connectivity index (χ1v) is 7.19. The van der Waals surface area contributed by atoms with Gasteiger partial charge in [-0.3, -0.25) is 0 Å². The molecule has 3 N–H and O–H groups in total. The van der Waals surface area contributed by atoms with E-state index in [9.17, 15) is 0 Å². The van der Waals surface area contributed by atoms with Gasteiger partial charge in [0.2, 0.25) is 5.88 Å². The summed E-state index contributed by atoms with van der Waals surface area (Å²) in [5.41, 5.74) is 6.69. The van der Waals surface area contributed by atoms with Crippen molar-refractivity contribution in [3.63, 3.8) is 0 Å². The molecule has 4 heteroatoms. The van der Waals surface area contributed by atoms with Crippen molar-refractivity contribution in [2.24, 2.45) is 11.8 Å². The van der Waals surface area contributed by atoms with E-state index >= 15 is 0 Å². The summed E-state index contributed by atoms with van der Waals surface area (Å²) in [5, 5.41) is 3.54. The van der Waals surface area contributed by atoms with Crippen LogP contribution in [0.5, 0.6) is 5.88 Å². The molecule has 0 radical (unpaired) electrons. The van der Waals surface area contributed by atoms with Crippen LogP contribution in [0.15, 0.2) is 12.1 Å². The van der Waals surface area contributed by atoms with Gasteiger partial charge in [-0.1, -0.05) is 26.7 Å². The molecule has 0 aromatic carbocycles. The number of nitrogen functional groups attached to an aromatic ring is 1. The molecule has 1 aliphatic carbocycles. The number of nitrogens with one attached hydrogen (secondary N) is 1. The summed E-state index contributed by atoms with van der Waals surface area (Å²) < 4.78 is 5.17. The third-order valence-corrected chi connectivity index (χ3v) is 4.11. The second kappa shape index (κ2) is 6.13. The third-order valence-electron chi connectivity index (χ3n) is 4.11. The van der Waals surface area contributed by atoms with Crippen molar-refractivity contribution >= 4 is 11.5 Å². The molecular weight excluding hydrogens is 238 g/mol. The zero-order chi connectivity index (χ0) is 13.8. The van der Waals surface area contributed by atoms with E-state index in [1.54, 1.807) is 13.2 Å². The highest BCUT2D eigenvalue weighted by Gasteiger charge is 2.28. The number of aromatic nitrogens is 1. The minimum atomic E-state index is 0.468. The average Bonchev–Trinajstić information content (AvgIpc) is 2.41. The van der Waals surface area contributed by atoms with E-state index in [2.05, 4.69) is 24.1 Å². The number of ether oxygens (including phenoxy) is 1. The molecule has 0 amide bonds. The molecule has 1 aromatic rings. The number of pyridine rings is 1. The molecule has 1 heterocycles. The first-order chi connectivity index (χ1) is 9.11. The van der Waals surface area contributed by atoms with E-state index in [-0.39, 0.29) is 0 Å². The summed E-state index contributed by atoms with van der Waals surface area (Å²) in [6, 6.07) is 4.11. The van der Waals surface area contributed by atoms with Crippen LogP contribution in [0.25, 0.3) is 0 Å². The fraction of sp³-hybridized carbons (Fsp3) is 0.667. The maximum Gasteiger partial charge on any atom is 0.215 e. The van der Waals surface area contributed by atoms with Crippen LogP contribution in [-0.2, 0) is 0 Å². The lowest BCUT2D eigenvalue weighted by Gasteiger charge is -2.35. The predicted octanol–water partition coefficient (Wildman–Crippen LogP) is 3.30. The van der Waals surface area contributed by atoms with Gasteiger partial charge < -0.3 is 15.8 Å². The highest BCUT2D eigenvalue weighted by atomic mass is 16.5. The topological polar surface area (TPSA) is 60.2 Å². The van der Waals surface area contributed by atoms with Crippen molar-refractivity contribution in [2.45, 2.75) is 45.6 Å². The number of nitrogens with two attached hydrogens (primary N) is 1. The Morgan fingerprint density at radius 2 is 2.05 bits per heavy atom. The maximum atomic E-state index is 6.00. The van der Waals surface area contributed by atoms with Gasteiger partial charge in [-0.05, 0) is 30.7 Å². The molecule has 0 aliphatic heterocycles. The number of anilines is 2. The van der Waals surface area contributed by atoms with Crippen LogP contribution in [0, 0.1) is 11.8 Å². The summed E-state index contributed by atoms with van der Waals surface area (Å²) in [6.07, 6.45) is 5.10. The smallest absolute Gasteiger partial charge is 0.215 e. The van der Waals surface area contributed by atoms with Crippen molar-refractivity contribution < 1.29 is 4.74 Å². The van der Waals surface area contributed by atoms with E-state index in [4.69, 9.17) is 10.5 Å². The molecule has 0 bridgehead atoms. The largest absolute Gasteiger partial charge is 0.481 e. The van der Waals surface area contributed by atoms with Crippen LogP contribution in [0.4, 0.5) is 11.5 Å². The van der Waals surface area contributed by atoms with Gasteiger partial charge in [0.25, 0.3) is 0 Å². The minimum Gasteiger partial charge on any atom is -0.481 e. The number of methoxy groups -OCH3 is 1. The van der Waals surface area contributed by atoms with Gasteiger partial charge in [0.1, 0.15) is 0 Å². The first-order valence-electron chi connectivity index (χ1n) is 7.19. The molecule has 0 spiro atoms. The predicted molar refractivity (Wildman–Crippen MR) is 79.4 cm³/mol. The highest BCUT2D eigenvalue weighted by molar-refractivity contribution is 5.62. The average molecular weight is 263 g/mol. The van der Waals surface area contributed by atoms with Crippen LogP contribution >= 0.6 is 0 Å². The molecule has 1 aliphatic rings. The lowest BCUT2D eigenvalue weighted by atomic mass is 9.78. The van der Waals surface area contributed by atoms with Gasteiger partial charge in [-0.15, -0.1) is 0 Å². The van der Waals surface area contributed by atoms with Crippen molar-refractivity contribution in [3.05, 3.63) is 12.1 Å². The fourth-order valence-electron chi connectivity index (χ4n) is 2.99. The standard InChI is InChI=1S/C15H25N3O/c1-10(2)11-6-4-5-7-13(11)17-15-12(16)8-9-14(18-15)19-3/h8-11,13H,4-7,16H2,1-3H3,(H,17,18). The second-order valence-electron chi connectivity index (χ2n) is 5.73. The zero-order valence-corrected chi connectivity index (χ0v) is 12.1. The van der Waals surface area contributed by atoms with Gasteiger partial charge >= 0.3 is 0 Å². The SMILES string of the molecule is COc1ccc(N)c(NC2CCCCC2C(C)C)n1. The Kier molecular flexibility index (Phi) is 4.51. The Morgan fingerprint density at radius 3 is 2.74 bits per heavy atom. The summed E-state index contributed by atoms with van der Waals surface area (Å²) in [7, 11) is 1.62. The van der Waals surface area contributed by atoms with E-state index in [1.165, 1.54) is 25.7 Å². The molecular formula is C15H25N3O.